The molecule has 1 aliphatic carbocycles. The lowest BCUT2D eigenvalue weighted by atomic mass is 10.0. The number of benzene rings is 2. The number of hydrogen-bond donors (Lipinski definition) is 4. The van der Waals surface area contributed by atoms with E-state index in [-0.39, 0.29) is 18.4 Å². The van der Waals surface area contributed by atoms with Crippen LogP contribution in [0, 0.1) is 6.92 Å². The zero-order chi connectivity index (χ0) is 25.1. The zero-order valence-corrected chi connectivity index (χ0v) is 20.8. The Kier molecular flexibility index (Phi) is 6.71. The number of aliphatic hydroxyl groups is 1. The fraction of sp³-hybridized carbons (Fsp3) is 0.250. The zero-order valence-electron chi connectivity index (χ0n) is 20.0. The molecule has 2 heterocycles. The largest absolute Gasteiger partial charge is 0.388 e. The molecular weight excluding hydrogens is 472 g/mol. The summed E-state index contributed by atoms with van der Waals surface area (Å²) >= 11 is 1.51. The highest BCUT2D eigenvalue weighted by atomic mass is 32.1. The van der Waals surface area contributed by atoms with Crippen molar-refractivity contribution in [3.05, 3.63) is 82.9 Å². The summed E-state index contributed by atoms with van der Waals surface area (Å²) in [4.78, 5) is 30.7. The van der Waals surface area contributed by atoms with Crippen molar-refractivity contribution in [3.8, 4) is 0 Å². The van der Waals surface area contributed by atoms with E-state index in [1.165, 1.54) is 17.5 Å². The Labute approximate surface area is 213 Å². The predicted molar refractivity (Wildman–Crippen MR) is 144 cm³/mol. The summed E-state index contributed by atoms with van der Waals surface area (Å²) in [7, 11) is 0. The van der Waals surface area contributed by atoms with Gasteiger partial charge in [-0.3, -0.25) is 9.59 Å². The highest BCUT2D eigenvalue weighted by Gasteiger charge is 2.31. The van der Waals surface area contributed by atoms with E-state index >= 15 is 0 Å². The summed E-state index contributed by atoms with van der Waals surface area (Å²) in [6, 6.07) is 17.1. The van der Waals surface area contributed by atoms with Crippen LogP contribution in [-0.4, -0.2) is 34.1 Å². The van der Waals surface area contributed by atoms with Gasteiger partial charge in [0, 0.05) is 33.9 Å². The topological polar surface area (TPSA) is 103 Å². The van der Waals surface area contributed by atoms with Crippen LogP contribution in [-0.2, 0) is 0 Å². The van der Waals surface area contributed by atoms with Crippen molar-refractivity contribution in [2.24, 2.45) is 0 Å². The Morgan fingerprint density at radius 3 is 2.58 bits per heavy atom. The predicted octanol–water partition coefficient (Wildman–Crippen LogP) is 5.64. The summed E-state index contributed by atoms with van der Waals surface area (Å²) < 4.78 is 1.03. The van der Waals surface area contributed by atoms with Crippen LogP contribution in [0.1, 0.15) is 52.0 Å². The third kappa shape index (κ3) is 5.10. The standard InChI is InChI=1S/C28H28N4O3S/c1-18-8-2-4-10-22(18)31-25-23(32-27(34)21-16-36-24-11-5-3-9-20(21)24)14-19(15-29-25)26(33)30-17-28(35)12-6-7-13-28/h2-5,8-11,14-16,35H,6-7,12-13,17H2,1H3,(H,29,31)(H,30,33)(H,32,34). The first-order valence-corrected chi connectivity index (χ1v) is 12.9. The molecule has 8 heteroatoms. The normalized spacial score (nSPS) is 14.5. The number of pyridine rings is 1. The molecule has 36 heavy (non-hydrogen) atoms. The number of aryl methyl sites for hydroxylation is 1. The third-order valence-electron chi connectivity index (χ3n) is 6.63. The molecular formula is C28H28N4O3S. The van der Waals surface area contributed by atoms with Crippen LogP contribution >= 0.6 is 11.3 Å². The smallest absolute Gasteiger partial charge is 0.257 e. The number of thiophene rings is 1. The van der Waals surface area contributed by atoms with Crippen molar-refractivity contribution in [2.45, 2.75) is 38.2 Å². The van der Waals surface area contributed by atoms with Gasteiger partial charge in [-0.2, -0.15) is 0 Å². The van der Waals surface area contributed by atoms with Crippen molar-refractivity contribution in [3.63, 3.8) is 0 Å². The molecule has 2 aromatic carbocycles. The van der Waals surface area contributed by atoms with Crippen molar-refractivity contribution < 1.29 is 14.7 Å². The highest BCUT2D eigenvalue weighted by Crippen LogP contribution is 2.31. The van der Waals surface area contributed by atoms with Gasteiger partial charge >= 0.3 is 0 Å². The Balaban J connectivity index is 1.43. The summed E-state index contributed by atoms with van der Waals surface area (Å²) in [5, 5.41) is 22.4. The number of nitrogens with one attached hydrogen (secondary N) is 3. The Morgan fingerprint density at radius 1 is 1.03 bits per heavy atom. The van der Waals surface area contributed by atoms with Gasteiger partial charge in [0.25, 0.3) is 11.8 Å². The molecule has 1 saturated carbocycles. The van der Waals surface area contributed by atoms with E-state index in [0.29, 0.717) is 35.5 Å². The molecule has 0 atom stereocenters. The van der Waals surface area contributed by atoms with E-state index in [0.717, 1.165) is 34.2 Å². The van der Waals surface area contributed by atoms with E-state index in [1.807, 2.05) is 60.8 Å². The van der Waals surface area contributed by atoms with Gasteiger partial charge in [-0.25, -0.2) is 4.98 Å². The first-order valence-electron chi connectivity index (χ1n) is 12.0. The summed E-state index contributed by atoms with van der Waals surface area (Å²) in [6.07, 6.45) is 4.76. The first-order chi connectivity index (χ1) is 17.4. The maximum absolute atomic E-state index is 13.3. The van der Waals surface area contributed by atoms with Crippen LogP contribution in [0.25, 0.3) is 10.1 Å². The molecule has 0 bridgehead atoms. The number of aromatic nitrogens is 1. The maximum atomic E-state index is 13.3. The minimum atomic E-state index is -0.855. The van der Waals surface area contributed by atoms with Crippen LogP contribution < -0.4 is 16.0 Å². The lowest BCUT2D eigenvalue weighted by Crippen LogP contribution is -2.40. The molecule has 4 aromatic rings. The number of nitrogens with zero attached hydrogens (tertiary/aromatic N) is 1. The second-order valence-corrected chi connectivity index (χ2v) is 10.2. The number of anilines is 3. The molecule has 0 saturated heterocycles. The van der Waals surface area contributed by atoms with Crippen LogP contribution in [0.2, 0.25) is 0 Å². The fourth-order valence-corrected chi connectivity index (χ4v) is 5.47. The quantitative estimate of drug-likeness (QED) is 0.263. The van der Waals surface area contributed by atoms with Crippen molar-refractivity contribution >= 4 is 50.4 Å². The number of hydrogen-bond acceptors (Lipinski definition) is 6. The molecule has 7 nitrogen and oxygen atoms in total. The molecule has 4 N–H and O–H groups in total. The number of fused-ring (bicyclic) bond motifs is 1. The van der Waals surface area contributed by atoms with Gasteiger partial charge in [0.05, 0.1) is 22.4 Å². The van der Waals surface area contributed by atoms with E-state index in [1.54, 1.807) is 6.07 Å². The average molecular weight is 501 g/mol. The minimum absolute atomic E-state index is 0.192. The number of carbonyl (C=O) groups is 2. The maximum Gasteiger partial charge on any atom is 0.257 e. The molecule has 2 aromatic heterocycles. The van der Waals surface area contributed by atoms with E-state index in [9.17, 15) is 14.7 Å². The number of para-hydroxylation sites is 1. The van der Waals surface area contributed by atoms with Crippen LogP contribution in [0.3, 0.4) is 0 Å². The Hall–Kier alpha value is -3.75. The van der Waals surface area contributed by atoms with Gasteiger partial charge in [0.1, 0.15) is 0 Å². The van der Waals surface area contributed by atoms with Gasteiger partial charge < -0.3 is 21.1 Å². The lowest BCUT2D eigenvalue weighted by Gasteiger charge is -2.22. The number of amides is 2. The van der Waals surface area contributed by atoms with Crippen LogP contribution in [0.4, 0.5) is 17.2 Å². The van der Waals surface area contributed by atoms with E-state index in [2.05, 4.69) is 20.9 Å². The first kappa shape index (κ1) is 24.0. The van der Waals surface area contributed by atoms with E-state index in [4.69, 9.17) is 0 Å². The van der Waals surface area contributed by atoms with Gasteiger partial charge in [-0.05, 0) is 43.5 Å². The van der Waals surface area contributed by atoms with Gasteiger partial charge in [-0.1, -0.05) is 49.2 Å². The van der Waals surface area contributed by atoms with Crippen molar-refractivity contribution in [1.29, 1.82) is 0 Å². The number of carbonyl (C=O) groups excluding carboxylic acids is 2. The molecule has 0 aliphatic heterocycles. The second kappa shape index (κ2) is 10.1. The molecule has 0 spiro atoms. The number of rotatable bonds is 7. The summed E-state index contributed by atoms with van der Waals surface area (Å²) in [6.45, 7) is 2.17. The SMILES string of the molecule is Cc1ccccc1Nc1ncc(C(=O)NCC2(O)CCCC2)cc1NC(=O)c1csc2ccccc12. The summed E-state index contributed by atoms with van der Waals surface area (Å²) in [5.41, 5.74) is 2.28. The summed E-state index contributed by atoms with van der Waals surface area (Å²) in [5.74, 6) is -0.190. The van der Waals surface area contributed by atoms with Gasteiger partial charge in [-0.15, -0.1) is 11.3 Å². The molecule has 0 radical (unpaired) electrons. The molecule has 184 valence electrons. The lowest BCUT2D eigenvalue weighted by molar-refractivity contribution is 0.0449. The minimum Gasteiger partial charge on any atom is -0.388 e. The monoisotopic (exact) mass is 500 g/mol. The van der Waals surface area contributed by atoms with Crippen molar-refractivity contribution in [1.82, 2.24) is 10.3 Å². The Bertz CT molecular complexity index is 1430. The molecule has 1 fully saturated rings. The third-order valence-corrected chi connectivity index (χ3v) is 7.60. The second-order valence-electron chi connectivity index (χ2n) is 9.27. The van der Waals surface area contributed by atoms with E-state index < -0.39 is 5.60 Å². The van der Waals surface area contributed by atoms with Gasteiger partial charge in [0.15, 0.2) is 5.82 Å². The molecule has 0 unspecified atom stereocenters. The van der Waals surface area contributed by atoms with Gasteiger partial charge in [0.2, 0.25) is 0 Å². The molecule has 1 aliphatic rings. The molecule has 5 rings (SSSR count). The Morgan fingerprint density at radius 2 is 1.78 bits per heavy atom. The van der Waals surface area contributed by atoms with Crippen LogP contribution in [0.5, 0.6) is 0 Å². The van der Waals surface area contributed by atoms with Crippen LogP contribution in [0.15, 0.2) is 66.2 Å². The van der Waals surface area contributed by atoms with Crippen molar-refractivity contribution in [2.75, 3.05) is 17.2 Å². The molecule has 2 amide bonds. The fourth-order valence-electron chi connectivity index (χ4n) is 4.52. The highest BCUT2D eigenvalue weighted by molar-refractivity contribution is 7.17. The average Bonchev–Trinajstić information content (AvgIpc) is 3.52.